The van der Waals surface area contributed by atoms with E-state index >= 15 is 0 Å². The maximum Gasteiger partial charge on any atom is 0.0797 e. The normalized spacial score (nSPS) is 14.6. The average molecular weight is 225 g/mol. The minimum atomic E-state index is 0.975. The molecule has 1 aromatic heterocycles. The first kappa shape index (κ1) is 12.7. The van der Waals surface area contributed by atoms with E-state index in [0.717, 1.165) is 5.92 Å². The zero-order valence-corrected chi connectivity index (χ0v) is 11.1. The van der Waals surface area contributed by atoms with Crippen LogP contribution in [0, 0.1) is 5.92 Å². The molecule has 0 saturated heterocycles. The van der Waals surface area contributed by atoms with Crippen LogP contribution in [0.3, 0.4) is 0 Å². The third-order valence-corrected chi connectivity index (χ3v) is 3.32. The van der Waals surface area contributed by atoms with Crippen molar-refractivity contribution in [3.63, 3.8) is 0 Å². The highest BCUT2D eigenvalue weighted by atomic mass is 32.1. The summed E-state index contributed by atoms with van der Waals surface area (Å²) in [5.74, 6) is 0.975. The molecule has 1 fully saturated rings. The van der Waals surface area contributed by atoms with Crippen molar-refractivity contribution in [1.29, 1.82) is 0 Å². The SMILES string of the molecule is CCC.CCCc1scnc1CC1CC1. The van der Waals surface area contributed by atoms with Crippen molar-refractivity contribution in [3.8, 4) is 0 Å². The van der Waals surface area contributed by atoms with Crippen molar-refractivity contribution < 1.29 is 0 Å². The lowest BCUT2D eigenvalue weighted by Gasteiger charge is -1.98. The van der Waals surface area contributed by atoms with Gasteiger partial charge in [-0.05, 0) is 31.6 Å². The second-order valence-corrected chi connectivity index (χ2v) is 5.27. The average Bonchev–Trinajstić information content (AvgIpc) is 2.91. The Kier molecular flexibility index (Phi) is 5.92. The molecule has 15 heavy (non-hydrogen) atoms. The van der Waals surface area contributed by atoms with Gasteiger partial charge in [0.15, 0.2) is 0 Å². The van der Waals surface area contributed by atoms with Gasteiger partial charge in [-0.1, -0.05) is 33.6 Å². The lowest BCUT2D eigenvalue weighted by atomic mass is 10.1. The molecule has 0 amide bonds. The zero-order valence-electron chi connectivity index (χ0n) is 10.3. The van der Waals surface area contributed by atoms with Gasteiger partial charge in [-0.3, -0.25) is 0 Å². The molecule has 0 radical (unpaired) electrons. The van der Waals surface area contributed by atoms with Crippen LogP contribution in [0.2, 0.25) is 0 Å². The first-order valence-electron chi connectivity index (χ1n) is 6.22. The smallest absolute Gasteiger partial charge is 0.0797 e. The molecule has 0 N–H and O–H groups in total. The Balaban J connectivity index is 0.000000337. The molecule has 86 valence electrons. The molecule has 2 heteroatoms. The molecular weight excluding hydrogens is 202 g/mol. The summed E-state index contributed by atoms with van der Waals surface area (Å²) in [4.78, 5) is 5.97. The van der Waals surface area contributed by atoms with E-state index in [2.05, 4.69) is 25.8 Å². The van der Waals surface area contributed by atoms with Gasteiger partial charge in [-0.2, -0.15) is 0 Å². The molecule has 1 nitrogen and oxygen atoms in total. The summed E-state index contributed by atoms with van der Waals surface area (Å²) in [5.41, 5.74) is 3.40. The van der Waals surface area contributed by atoms with Gasteiger partial charge in [0, 0.05) is 4.88 Å². The molecule has 0 spiro atoms. The minimum absolute atomic E-state index is 0.975. The topological polar surface area (TPSA) is 12.9 Å². The Morgan fingerprint density at radius 1 is 1.33 bits per heavy atom. The summed E-state index contributed by atoms with van der Waals surface area (Å²) < 4.78 is 0. The highest BCUT2D eigenvalue weighted by Crippen LogP contribution is 2.33. The molecule has 1 aliphatic rings. The molecule has 0 aliphatic heterocycles. The second-order valence-electron chi connectivity index (χ2n) is 4.33. The highest BCUT2D eigenvalue weighted by molar-refractivity contribution is 7.09. The van der Waals surface area contributed by atoms with E-state index in [-0.39, 0.29) is 0 Å². The predicted molar refractivity (Wildman–Crippen MR) is 68.5 cm³/mol. The Morgan fingerprint density at radius 3 is 2.53 bits per heavy atom. The monoisotopic (exact) mass is 225 g/mol. The van der Waals surface area contributed by atoms with E-state index in [9.17, 15) is 0 Å². The number of hydrogen-bond acceptors (Lipinski definition) is 2. The van der Waals surface area contributed by atoms with Crippen LogP contribution in [-0.2, 0) is 12.8 Å². The van der Waals surface area contributed by atoms with E-state index in [0.29, 0.717) is 0 Å². The van der Waals surface area contributed by atoms with Gasteiger partial charge in [0.25, 0.3) is 0 Å². The van der Waals surface area contributed by atoms with Gasteiger partial charge in [0.1, 0.15) is 0 Å². The van der Waals surface area contributed by atoms with Gasteiger partial charge in [-0.25, -0.2) is 4.98 Å². The minimum Gasteiger partial charge on any atom is -0.249 e. The van der Waals surface area contributed by atoms with Gasteiger partial charge < -0.3 is 0 Å². The molecule has 0 bridgehead atoms. The highest BCUT2D eigenvalue weighted by Gasteiger charge is 2.23. The quantitative estimate of drug-likeness (QED) is 0.737. The van der Waals surface area contributed by atoms with Crippen molar-refractivity contribution in [2.45, 2.75) is 59.3 Å². The summed E-state index contributed by atoms with van der Waals surface area (Å²) in [5, 5.41) is 0. The molecule has 2 rings (SSSR count). The first-order chi connectivity index (χ1) is 7.31. The van der Waals surface area contributed by atoms with Crippen molar-refractivity contribution in [2.75, 3.05) is 0 Å². The lowest BCUT2D eigenvalue weighted by molar-refractivity contribution is 0.790. The summed E-state index contributed by atoms with van der Waals surface area (Å²) in [6, 6.07) is 0. The fourth-order valence-electron chi connectivity index (χ4n) is 1.49. The Bertz CT molecular complexity index is 263. The molecule has 1 aromatic rings. The molecule has 1 aliphatic carbocycles. The van der Waals surface area contributed by atoms with Crippen LogP contribution in [0.5, 0.6) is 0 Å². The van der Waals surface area contributed by atoms with Crippen LogP contribution >= 0.6 is 11.3 Å². The standard InChI is InChI=1S/C10H15NS.C3H8/c1-2-3-10-9(11-7-12-10)6-8-4-5-8;1-3-2/h7-8H,2-6H2,1H3;3H2,1-2H3. The molecule has 0 aromatic carbocycles. The van der Waals surface area contributed by atoms with Crippen molar-refractivity contribution >= 4 is 11.3 Å². The number of hydrogen-bond donors (Lipinski definition) is 0. The third-order valence-electron chi connectivity index (χ3n) is 2.38. The number of thiazole rings is 1. The second kappa shape index (κ2) is 7.00. The zero-order chi connectivity index (χ0) is 11.1. The largest absolute Gasteiger partial charge is 0.249 e. The van der Waals surface area contributed by atoms with Gasteiger partial charge in [-0.15, -0.1) is 11.3 Å². The Labute approximate surface area is 97.9 Å². The first-order valence-corrected chi connectivity index (χ1v) is 7.10. The number of nitrogens with zero attached hydrogens (tertiary/aromatic N) is 1. The fraction of sp³-hybridized carbons (Fsp3) is 0.769. The number of rotatable bonds is 4. The maximum atomic E-state index is 4.43. The van der Waals surface area contributed by atoms with Crippen LogP contribution < -0.4 is 0 Å². The maximum absolute atomic E-state index is 4.43. The summed E-state index contributed by atoms with van der Waals surface area (Å²) >= 11 is 1.83. The van der Waals surface area contributed by atoms with Crippen LogP contribution in [0.15, 0.2) is 5.51 Å². The van der Waals surface area contributed by atoms with Crippen LogP contribution in [0.25, 0.3) is 0 Å². The van der Waals surface area contributed by atoms with Crippen LogP contribution in [0.4, 0.5) is 0 Å². The van der Waals surface area contributed by atoms with Crippen molar-refractivity contribution in [3.05, 3.63) is 16.1 Å². The van der Waals surface area contributed by atoms with Gasteiger partial charge in [0.2, 0.25) is 0 Å². The fourth-order valence-corrected chi connectivity index (χ4v) is 2.39. The molecule has 1 heterocycles. The summed E-state index contributed by atoms with van der Waals surface area (Å²) in [6.45, 7) is 6.49. The number of aromatic nitrogens is 1. The Morgan fingerprint density at radius 2 is 2.00 bits per heavy atom. The van der Waals surface area contributed by atoms with E-state index in [1.807, 2.05) is 16.8 Å². The van der Waals surface area contributed by atoms with Gasteiger partial charge in [0.05, 0.1) is 11.2 Å². The van der Waals surface area contributed by atoms with Crippen LogP contribution in [-0.4, -0.2) is 4.98 Å². The Hall–Kier alpha value is -0.370. The lowest BCUT2D eigenvalue weighted by Crippen LogP contribution is -1.92. The van der Waals surface area contributed by atoms with Crippen LogP contribution in [0.1, 0.15) is 57.0 Å². The molecule has 1 saturated carbocycles. The summed E-state index contributed by atoms with van der Waals surface area (Å²) in [6.07, 6.45) is 7.84. The molecule has 0 atom stereocenters. The van der Waals surface area contributed by atoms with Crippen molar-refractivity contribution in [1.82, 2.24) is 4.98 Å². The molecular formula is C13H23NS. The van der Waals surface area contributed by atoms with Crippen molar-refractivity contribution in [2.24, 2.45) is 5.92 Å². The van der Waals surface area contributed by atoms with E-state index in [1.165, 1.54) is 49.1 Å². The van der Waals surface area contributed by atoms with E-state index in [1.54, 1.807) is 0 Å². The predicted octanol–water partition coefficient (Wildman–Crippen LogP) is 4.46. The van der Waals surface area contributed by atoms with Gasteiger partial charge >= 0.3 is 0 Å². The summed E-state index contributed by atoms with van der Waals surface area (Å²) in [7, 11) is 0. The van der Waals surface area contributed by atoms with E-state index in [4.69, 9.17) is 0 Å². The third kappa shape index (κ3) is 4.78. The molecule has 0 unspecified atom stereocenters. The van der Waals surface area contributed by atoms with E-state index < -0.39 is 0 Å². The number of aryl methyl sites for hydroxylation is 1.